The molecule has 5 rings (SSSR count). The molecule has 0 radical (unpaired) electrons. The summed E-state index contributed by atoms with van der Waals surface area (Å²) in [5.41, 5.74) is 11.0. The van der Waals surface area contributed by atoms with Crippen LogP contribution in [0.2, 0.25) is 0 Å². The van der Waals surface area contributed by atoms with Gasteiger partial charge < -0.3 is 0 Å². The minimum absolute atomic E-state index is 1.01. The summed E-state index contributed by atoms with van der Waals surface area (Å²) in [6.45, 7) is 0. The first-order valence-electron chi connectivity index (χ1n) is 9.88. The van der Waals surface area contributed by atoms with Crippen LogP contribution in [-0.2, 0) is 12.8 Å². The molecule has 0 N–H and O–H groups in total. The second kappa shape index (κ2) is 7.32. The van der Waals surface area contributed by atoms with Gasteiger partial charge in [-0.05, 0) is 51.8 Å². The molecule has 0 saturated carbocycles. The van der Waals surface area contributed by atoms with E-state index in [9.17, 15) is 0 Å². The topological polar surface area (TPSA) is 0 Å². The van der Waals surface area contributed by atoms with E-state index in [1.165, 1.54) is 44.5 Å². The highest BCUT2D eigenvalue weighted by molar-refractivity contribution is 5.87. The summed E-state index contributed by atoms with van der Waals surface area (Å²) in [5.74, 6) is 0. The first kappa shape index (κ1) is 16.8. The number of allylic oxidation sites excluding steroid dienone is 1. The van der Waals surface area contributed by atoms with Crippen molar-refractivity contribution in [3.05, 3.63) is 125 Å². The molecule has 0 aliphatic heterocycles. The summed E-state index contributed by atoms with van der Waals surface area (Å²) in [6, 6.07) is 36.9. The van der Waals surface area contributed by atoms with E-state index in [1.54, 1.807) is 0 Å². The van der Waals surface area contributed by atoms with Crippen molar-refractivity contribution >= 4 is 6.08 Å². The Kier molecular flexibility index (Phi) is 4.39. The normalized spacial score (nSPS) is 12.5. The maximum Gasteiger partial charge on any atom is -0.00481 e. The SMILES string of the molecule is C1=C(Cc2ccccc2)Cc2c(-c3ccccc3)ccc(-c3ccccc3)c21. The van der Waals surface area contributed by atoms with Crippen LogP contribution in [0.15, 0.2) is 109 Å². The quantitative estimate of drug-likeness (QED) is 0.362. The molecule has 0 nitrogen and oxygen atoms in total. The van der Waals surface area contributed by atoms with Crippen molar-refractivity contribution in [2.75, 3.05) is 0 Å². The Morgan fingerprint density at radius 1 is 0.536 bits per heavy atom. The average molecular weight is 358 g/mol. The maximum atomic E-state index is 2.43. The van der Waals surface area contributed by atoms with Crippen molar-refractivity contribution in [3.63, 3.8) is 0 Å². The zero-order valence-corrected chi connectivity index (χ0v) is 15.8. The predicted octanol–water partition coefficient (Wildman–Crippen LogP) is 7.20. The zero-order valence-electron chi connectivity index (χ0n) is 15.8. The van der Waals surface area contributed by atoms with Gasteiger partial charge in [0.15, 0.2) is 0 Å². The molecule has 1 aliphatic carbocycles. The van der Waals surface area contributed by atoms with Gasteiger partial charge in [0.05, 0.1) is 0 Å². The second-order valence-electron chi connectivity index (χ2n) is 7.43. The first-order valence-corrected chi connectivity index (χ1v) is 9.88. The van der Waals surface area contributed by atoms with E-state index >= 15 is 0 Å². The molecule has 0 heteroatoms. The van der Waals surface area contributed by atoms with E-state index in [0.29, 0.717) is 0 Å². The third kappa shape index (κ3) is 3.18. The smallest absolute Gasteiger partial charge is 0.00481 e. The van der Waals surface area contributed by atoms with Gasteiger partial charge >= 0.3 is 0 Å². The third-order valence-corrected chi connectivity index (χ3v) is 5.55. The lowest BCUT2D eigenvalue weighted by Gasteiger charge is -2.14. The van der Waals surface area contributed by atoms with Crippen LogP contribution in [0.25, 0.3) is 28.3 Å². The Morgan fingerprint density at radius 2 is 1.07 bits per heavy atom. The Bertz CT molecular complexity index is 1120. The Morgan fingerprint density at radius 3 is 1.71 bits per heavy atom. The molecule has 4 aromatic rings. The van der Waals surface area contributed by atoms with Gasteiger partial charge in [0.25, 0.3) is 0 Å². The number of hydrogen-bond donors (Lipinski definition) is 0. The van der Waals surface area contributed by atoms with Crippen LogP contribution >= 0.6 is 0 Å². The summed E-state index contributed by atoms with van der Waals surface area (Å²) in [5, 5.41) is 0. The van der Waals surface area contributed by atoms with Gasteiger partial charge in [-0.15, -0.1) is 0 Å². The second-order valence-corrected chi connectivity index (χ2v) is 7.43. The zero-order chi connectivity index (χ0) is 18.8. The van der Waals surface area contributed by atoms with Crippen molar-refractivity contribution in [1.29, 1.82) is 0 Å². The molecule has 134 valence electrons. The number of benzene rings is 4. The Labute approximate surface area is 166 Å². The largest absolute Gasteiger partial charge is 0.0622 e. The van der Waals surface area contributed by atoms with Crippen LogP contribution in [0.4, 0.5) is 0 Å². The van der Waals surface area contributed by atoms with Crippen LogP contribution in [0.5, 0.6) is 0 Å². The molecular weight excluding hydrogens is 336 g/mol. The summed E-state index contributed by atoms with van der Waals surface area (Å²) in [6.07, 6.45) is 4.46. The van der Waals surface area contributed by atoms with Gasteiger partial charge in [-0.3, -0.25) is 0 Å². The molecule has 0 bridgehead atoms. The lowest BCUT2D eigenvalue weighted by Crippen LogP contribution is -1.94. The predicted molar refractivity (Wildman–Crippen MR) is 119 cm³/mol. The van der Waals surface area contributed by atoms with Crippen molar-refractivity contribution in [2.24, 2.45) is 0 Å². The van der Waals surface area contributed by atoms with Crippen LogP contribution in [0.3, 0.4) is 0 Å². The molecule has 0 unspecified atom stereocenters. The molecule has 0 amide bonds. The molecule has 0 heterocycles. The number of fused-ring (bicyclic) bond motifs is 1. The fourth-order valence-corrected chi connectivity index (χ4v) is 4.23. The fourth-order valence-electron chi connectivity index (χ4n) is 4.23. The highest BCUT2D eigenvalue weighted by Gasteiger charge is 2.21. The number of rotatable bonds is 4. The molecule has 0 spiro atoms. The maximum absolute atomic E-state index is 2.43. The summed E-state index contributed by atoms with van der Waals surface area (Å²) < 4.78 is 0. The van der Waals surface area contributed by atoms with Crippen molar-refractivity contribution < 1.29 is 0 Å². The number of hydrogen-bond acceptors (Lipinski definition) is 0. The van der Waals surface area contributed by atoms with Gasteiger partial charge in [-0.25, -0.2) is 0 Å². The Hall–Kier alpha value is -3.38. The molecule has 1 aliphatic rings. The Balaban J connectivity index is 1.61. The van der Waals surface area contributed by atoms with Crippen LogP contribution in [0, 0.1) is 0 Å². The molecule has 4 aromatic carbocycles. The molecule has 0 aromatic heterocycles. The molecule has 0 atom stereocenters. The van der Waals surface area contributed by atoms with E-state index in [-0.39, 0.29) is 0 Å². The van der Waals surface area contributed by atoms with Gasteiger partial charge in [0.2, 0.25) is 0 Å². The summed E-state index contributed by atoms with van der Waals surface area (Å²) >= 11 is 0. The highest BCUT2D eigenvalue weighted by Crippen LogP contribution is 2.40. The lowest BCUT2D eigenvalue weighted by molar-refractivity contribution is 1.07. The van der Waals surface area contributed by atoms with Crippen LogP contribution in [-0.4, -0.2) is 0 Å². The lowest BCUT2D eigenvalue weighted by atomic mass is 9.90. The highest BCUT2D eigenvalue weighted by atomic mass is 14.2. The van der Waals surface area contributed by atoms with Crippen LogP contribution < -0.4 is 0 Å². The van der Waals surface area contributed by atoms with E-state index in [0.717, 1.165) is 12.8 Å². The molecule has 28 heavy (non-hydrogen) atoms. The molecule has 0 fully saturated rings. The van der Waals surface area contributed by atoms with Crippen molar-refractivity contribution in [3.8, 4) is 22.3 Å². The van der Waals surface area contributed by atoms with E-state index < -0.39 is 0 Å². The van der Waals surface area contributed by atoms with Crippen molar-refractivity contribution in [2.45, 2.75) is 12.8 Å². The molecular formula is C28H22. The van der Waals surface area contributed by atoms with Gasteiger partial charge in [-0.1, -0.05) is 115 Å². The molecule has 0 saturated heterocycles. The standard InChI is InChI=1S/C28H22/c1-4-10-21(11-5-1)18-22-19-27-25(23-12-6-2-7-13-23)16-17-26(28(27)20-22)24-14-8-3-9-15-24/h1-17,19H,18,20H2. The van der Waals surface area contributed by atoms with Gasteiger partial charge in [0, 0.05) is 0 Å². The van der Waals surface area contributed by atoms with E-state index in [4.69, 9.17) is 0 Å². The summed E-state index contributed by atoms with van der Waals surface area (Å²) in [7, 11) is 0. The fraction of sp³-hybridized carbons (Fsp3) is 0.0714. The first-order chi connectivity index (χ1) is 13.9. The van der Waals surface area contributed by atoms with Gasteiger partial charge in [-0.2, -0.15) is 0 Å². The summed E-state index contributed by atoms with van der Waals surface area (Å²) in [4.78, 5) is 0. The third-order valence-electron chi connectivity index (χ3n) is 5.55. The van der Waals surface area contributed by atoms with E-state index in [1.807, 2.05) is 0 Å². The van der Waals surface area contributed by atoms with Crippen LogP contribution in [0.1, 0.15) is 16.7 Å². The van der Waals surface area contributed by atoms with Gasteiger partial charge in [0.1, 0.15) is 0 Å². The van der Waals surface area contributed by atoms with E-state index in [2.05, 4.69) is 109 Å². The minimum Gasteiger partial charge on any atom is -0.0622 e. The van der Waals surface area contributed by atoms with Crippen molar-refractivity contribution in [1.82, 2.24) is 0 Å². The average Bonchev–Trinajstić information content (AvgIpc) is 3.18. The monoisotopic (exact) mass is 358 g/mol. The minimum atomic E-state index is 1.01.